The van der Waals surface area contributed by atoms with Crippen LogP contribution in [0.25, 0.3) is 0 Å². The summed E-state index contributed by atoms with van der Waals surface area (Å²) in [7, 11) is -3.64. The van der Waals surface area contributed by atoms with Crippen molar-refractivity contribution in [2.45, 2.75) is 11.3 Å². The van der Waals surface area contributed by atoms with Crippen LogP contribution in [-0.4, -0.2) is 13.5 Å². The Morgan fingerprint density at radius 1 is 1.36 bits per heavy atom. The van der Waals surface area contributed by atoms with E-state index in [1.807, 2.05) is 24.3 Å². The maximum Gasteiger partial charge on any atom is 0.252 e. The first-order valence-corrected chi connectivity index (χ1v) is 6.24. The highest BCUT2D eigenvalue weighted by atomic mass is 32.2. The van der Waals surface area contributed by atoms with Gasteiger partial charge in [0.05, 0.1) is 0 Å². The Morgan fingerprint density at radius 2 is 2.07 bits per heavy atom. The molecule has 0 saturated heterocycles. The molecule has 0 amide bonds. The van der Waals surface area contributed by atoms with Crippen molar-refractivity contribution in [2.24, 2.45) is 9.54 Å². The number of nitrogens with two attached hydrogens (primary N) is 1. The molecule has 1 aromatic rings. The maximum absolute atomic E-state index is 11.0. The standard InChI is InChI=1S/C8H8N2O2S2/c9-14(11,12)8-5-6-3-1-2-4-7(6)13-10-8/h1-4H,5H2,(H2,9,11,12). The lowest BCUT2D eigenvalue weighted by molar-refractivity contribution is 0.608. The van der Waals surface area contributed by atoms with Gasteiger partial charge in [-0.05, 0) is 11.6 Å². The van der Waals surface area contributed by atoms with E-state index in [-0.39, 0.29) is 5.04 Å². The number of hydrogen-bond acceptors (Lipinski definition) is 4. The third-order valence-electron chi connectivity index (χ3n) is 1.89. The third-order valence-corrected chi connectivity index (χ3v) is 3.80. The zero-order valence-corrected chi connectivity index (χ0v) is 8.81. The summed E-state index contributed by atoms with van der Waals surface area (Å²) in [4.78, 5) is 0.986. The second kappa shape index (κ2) is 3.38. The molecule has 0 unspecified atom stereocenters. The minimum atomic E-state index is -3.64. The van der Waals surface area contributed by atoms with Crippen molar-refractivity contribution in [2.75, 3.05) is 0 Å². The lowest BCUT2D eigenvalue weighted by atomic mass is 10.2. The van der Waals surface area contributed by atoms with E-state index in [2.05, 4.69) is 4.40 Å². The summed E-state index contributed by atoms with van der Waals surface area (Å²) in [6.45, 7) is 0. The van der Waals surface area contributed by atoms with E-state index < -0.39 is 10.0 Å². The van der Waals surface area contributed by atoms with Gasteiger partial charge in [0.15, 0.2) is 5.04 Å². The molecule has 2 rings (SSSR count). The van der Waals surface area contributed by atoms with Crippen LogP contribution in [0.2, 0.25) is 0 Å². The lowest BCUT2D eigenvalue weighted by Gasteiger charge is -2.12. The first-order valence-electron chi connectivity index (χ1n) is 3.92. The quantitative estimate of drug-likeness (QED) is 0.671. The van der Waals surface area contributed by atoms with Gasteiger partial charge in [0, 0.05) is 23.3 Å². The first kappa shape index (κ1) is 9.70. The van der Waals surface area contributed by atoms with Gasteiger partial charge in [-0.1, -0.05) is 18.2 Å². The molecule has 0 aromatic heterocycles. The van der Waals surface area contributed by atoms with E-state index in [0.29, 0.717) is 6.42 Å². The molecule has 1 heterocycles. The highest BCUT2D eigenvalue weighted by Gasteiger charge is 2.20. The van der Waals surface area contributed by atoms with Gasteiger partial charge in [-0.3, -0.25) is 0 Å². The summed E-state index contributed by atoms with van der Waals surface area (Å²) >= 11 is 1.15. The van der Waals surface area contributed by atoms with E-state index >= 15 is 0 Å². The molecule has 1 aliphatic heterocycles. The van der Waals surface area contributed by atoms with Crippen molar-refractivity contribution < 1.29 is 8.42 Å². The van der Waals surface area contributed by atoms with Gasteiger partial charge in [0.2, 0.25) is 0 Å². The number of primary sulfonamides is 1. The number of benzene rings is 1. The molecule has 0 atom stereocenters. The summed E-state index contributed by atoms with van der Waals surface area (Å²) in [5.41, 5.74) is 0.955. The van der Waals surface area contributed by atoms with E-state index in [4.69, 9.17) is 5.14 Å². The Morgan fingerprint density at radius 3 is 2.79 bits per heavy atom. The summed E-state index contributed by atoms with van der Waals surface area (Å²) in [6.07, 6.45) is 0.294. The topological polar surface area (TPSA) is 72.5 Å². The van der Waals surface area contributed by atoms with Crippen LogP contribution in [0.4, 0.5) is 0 Å². The molecule has 14 heavy (non-hydrogen) atoms. The Balaban J connectivity index is 2.39. The number of rotatable bonds is 0. The molecular formula is C8H8N2O2S2. The van der Waals surface area contributed by atoms with Crippen LogP contribution in [0.1, 0.15) is 5.56 Å². The minimum Gasteiger partial charge on any atom is -0.224 e. The van der Waals surface area contributed by atoms with Gasteiger partial charge in [-0.25, -0.2) is 18.0 Å². The van der Waals surface area contributed by atoms with Crippen molar-refractivity contribution in [3.8, 4) is 0 Å². The van der Waals surface area contributed by atoms with Gasteiger partial charge in [0.1, 0.15) is 0 Å². The lowest BCUT2D eigenvalue weighted by Crippen LogP contribution is -2.26. The minimum absolute atomic E-state index is 0.0428. The predicted molar refractivity (Wildman–Crippen MR) is 56.5 cm³/mol. The molecule has 0 saturated carbocycles. The fourth-order valence-corrected chi connectivity index (χ4v) is 2.73. The van der Waals surface area contributed by atoms with Crippen molar-refractivity contribution in [1.29, 1.82) is 0 Å². The van der Waals surface area contributed by atoms with Gasteiger partial charge >= 0.3 is 0 Å². The molecule has 6 heteroatoms. The molecule has 0 spiro atoms. The fraction of sp³-hybridized carbons (Fsp3) is 0.125. The van der Waals surface area contributed by atoms with Gasteiger partial charge in [-0.15, -0.1) is 0 Å². The van der Waals surface area contributed by atoms with E-state index in [1.54, 1.807) is 0 Å². The Hall–Kier alpha value is -0.850. The van der Waals surface area contributed by atoms with Crippen molar-refractivity contribution in [1.82, 2.24) is 0 Å². The largest absolute Gasteiger partial charge is 0.252 e. The summed E-state index contributed by atoms with van der Waals surface area (Å²) < 4.78 is 25.9. The van der Waals surface area contributed by atoms with Crippen molar-refractivity contribution >= 4 is 27.0 Å². The Bertz CT molecular complexity index is 494. The van der Waals surface area contributed by atoms with Crippen LogP contribution >= 0.6 is 11.9 Å². The molecule has 0 bridgehead atoms. The molecule has 2 N–H and O–H groups in total. The molecule has 0 fully saturated rings. The van der Waals surface area contributed by atoms with Crippen LogP contribution in [0.15, 0.2) is 33.6 Å². The van der Waals surface area contributed by atoms with E-state index in [0.717, 1.165) is 22.4 Å². The summed E-state index contributed by atoms with van der Waals surface area (Å²) in [5.74, 6) is 0. The highest BCUT2D eigenvalue weighted by molar-refractivity contribution is 8.06. The average Bonchev–Trinajstić information content (AvgIpc) is 2.16. The van der Waals surface area contributed by atoms with Crippen LogP contribution in [0.3, 0.4) is 0 Å². The average molecular weight is 228 g/mol. The van der Waals surface area contributed by atoms with Gasteiger partial charge in [0.25, 0.3) is 10.0 Å². The third kappa shape index (κ3) is 1.82. The Labute approximate surface area is 86.4 Å². The van der Waals surface area contributed by atoms with Gasteiger partial charge in [-0.2, -0.15) is 0 Å². The van der Waals surface area contributed by atoms with Crippen molar-refractivity contribution in [3.05, 3.63) is 29.8 Å². The predicted octanol–water partition coefficient (Wildman–Crippen LogP) is 0.937. The molecule has 1 aliphatic rings. The number of sulfonamides is 1. The maximum atomic E-state index is 11.0. The monoisotopic (exact) mass is 228 g/mol. The summed E-state index contributed by atoms with van der Waals surface area (Å²) in [6, 6.07) is 7.54. The van der Waals surface area contributed by atoms with Crippen LogP contribution in [0, 0.1) is 0 Å². The molecule has 0 aliphatic carbocycles. The second-order valence-corrected chi connectivity index (χ2v) is 5.27. The zero-order chi connectivity index (χ0) is 10.2. The molecule has 1 aromatic carbocycles. The van der Waals surface area contributed by atoms with Crippen LogP contribution in [-0.2, 0) is 16.4 Å². The number of fused-ring (bicyclic) bond motifs is 1. The molecule has 74 valence electrons. The second-order valence-electron chi connectivity index (χ2n) is 2.91. The zero-order valence-electron chi connectivity index (χ0n) is 7.17. The highest BCUT2D eigenvalue weighted by Crippen LogP contribution is 2.29. The molecule has 0 radical (unpaired) electrons. The van der Waals surface area contributed by atoms with E-state index in [9.17, 15) is 8.42 Å². The molecule has 4 nitrogen and oxygen atoms in total. The summed E-state index contributed by atoms with van der Waals surface area (Å²) in [5, 5.41) is 5.04. The first-order chi connectivity index (χ1) is 6.57. The normalized spacial score (nSPS) is 15.9. The smallest absolute Gasteiger partial charge is 0.224 e. The SMILES string of the molecule is NS(=O)(=O)C1=NSc2ccccc2C1. The van der Waals surface area contributed by atoms with Crippen LogP contribution < -0.4 is 5.14 Å². The van der Waals surface area contributed by atoms with Crippen LogP contribution in [0.5, 0.6) is 0 Å². The molecular weight excluding hydrogens is 220 g/mol. The number of nitrogens with zero attached hydrogens (tertiary/aromatic N) is 1. The van der Waals surface area contributed by atoms with E-state index in [1.165, 1.54) is 0 Å². The Kier molecular flexibility index (Phi) is 2.34. The number of hydrogen-bond donors (Lipinski definition) is 1. The van der Waals surface area contributed by atoms with Crippen molar-refractivity contribution in [3.63, 3.8) is 0 Å². The fourth-order valence-electron chi connectivity index (χ4n) is 1.19. The van der Waals surface area contributed by atoms with Gasteiger partial charge < -0.3 is 0 Å².